The van der Waals surface area contributed by atoms with Gasteiger partial charge in [-0.25, -0.2) is 9.91 Å². The van der Waals surface area contributed by atoms with Crippen molar-refractivity contribution < 1.29 is 14.4 Å². The first-order valence-electron chi connectivity index (χ1n) is 9.12. The molecule has 0 aromatic heterocycles. The van der Waals surface area contributed by atoms with E-state index >= 15 is 0 Å². The van der Waals surface area contributed by atoms with E-state index in [1.807, 2.05) is 43.1 Å². The lowest BCUT2D eigenvalue weighted by atomic mass is 9.84. The highest BCUT2D eigenvalue weighted by Gasteiger charge is 2.68. The molecule has 3 amide bonds. The summed E-state index contributed by atoms with van der Waals surface area (Å²) in [4.78, 5) is 41.3. The summed E-state index contributed by atoms with van der Waals surface area (Å²) in [7, 11) is 0. The van der Waals surface area contributed by atoms with Gasteiger partial charge < -0.3 is 0 Å². The first-order valence-corrected chi connectivity index (χ1v) is 9.91. The van der Waals surface area contributed by atoms with Crippen LogP contribution in [-0.4, -0.2) is 29.3 Å². The quantitative estimate of drug-likeness (QED) is 0.640. The summed E-state index contributed by atoms with van der Waals surface area (Å²) < 4.78 is 0.860. The Morgan fingerprint density at radius 1 is 0.929 bits per heavy atom. The summed E-state index contributed by atoms with van der Waals surface area (Å²) >= 11 is 3.37. The van der Waals surface area contributed by atoms with Crippen LogP contribution < -0.4 is 9.91 Å². The van der Waals surface area contributed by atoms with Crippen LogP contribution in [0.1, 0.15) is 25.8 Å². The molecule has 0 aliphatic carbocycles. The van der Waals surface area contributed by atoms with Crippen LogP contribution in [0.2, 0.25) is 0 Å². The van der Waals surface area contributed by atoms with Gasteiger partial charge in [-0.1, -0.05) is 34.1 Å². The summed E-state index contributed by atoms with van der Waals surface area (Å²) in [5, 5.41) is 3.41. The van der Waals surface area contributed by atoms with Crippen LogP contribution in [0.3, 0.4) is 0 Å². The topological polar surface area (TPSA) is 60.9 Å². The zero-order valence-corrected chi connectivity index (χ0v) is 17.1. The van der Waals surface area contributed by atoms with Gasteiger partial charge in [0.2, 0.25) is 11.8 Å². The maximum absolute atomic E-state index is 13.8. The van der Waals surface area contributed by atoms with Crippen molar-refractivity contribution in [2.24, 2.45) is 5.41 Å². The van der Waals surface area contributed by atoms with Gasteiger partial charge in [0.25, 0.3) is 5.91 Å². The van der Waals surface area contributed by atoms with Crippen LogP contribution in [0.15, 0.2) is 53.0 Å². The number of para-hydroxylation sites is 1. The minimum atomic E-state index is -1.31. The number of hydrogen-bond donors (Lipinski definition) is 0. The molecule has 3 aliphatic heterocycles. The largest absolute Gasteiger partial charge is 0.280 e. The number of imide groups is 1. The van der Waals surface area contributed by atoms with Crippen LogP contribution in [0, 0.1) is 5.41 Å². The standard InChI is InChI=1S/C21H18BrN3O3/c1-20(2)12-23-16-6-4-3-5-15(16)21(25(23)18(20)27)11-17(26)24(19(21)28)14-9-7-13(22)8-10-14/h3-10H,11-12H2,1-2H3. The summed E-state index contributed by atoms with van der Waals surface area (Å²) in [6.07, 6.45) is -0.0583. The molecule has 142 valence electrons. The molecule has 7 heteroatoms. The summed E-state index contributed by atoms with van der Waals surface area (Å²) in [6.45, 7) is 4.22. The second kappa shape index (κ2) is 5.44. The zero-order valence-electron chi connectivity index (χ0n) is 15.5. The molecule has 3 aliphatic rings. The van der Waals surface area contributed by atoms with Crippen molar-refractivity contribution in [3.05, 3.63) is 58.6 Å². The van der Waals surface area contributed by atoms with E-state index in [4.69, 9.17) is 0 Å². The summed E-state index contributed by atoms with van der Waals surface area (Å²) in [5.41, 5.74) is 0.106. The molecule has 2 fully saturated rings. The number of fused-ring (bicyclic) bond motifs is 5. The highest BCUT2D eigenvalue weighted by atomic mass is 79.9. The van der Waals surface area contributed by atoms with Gasteiger partial charge in [-0.05, 0) is 44.2 Å². The van der Waals surface area contributed by atoms with E-state index in [1.54, 1.807) is 24.3 Å². The van der Waals surface area contributed by atoms with Crippen molar-refractivity contribution in [2.75, 3.05) is 16.5 Å². The maximum atomic E-state index is 13.8. The molecule has 5 rings (SSSR count). The number of benzene rings is 2. The van der Waals surface area contributed by atoms with Crippen LogP contribution in [0.4, 0.5) is 11.4 Å². The molecule has 2 saturated heterocycles. The van der Waals surface area contributed by atoms with Gasteiger partial charge in [-0.2, -0.15) is 0 Å². The number of carbonyl (C=O) groups is 3. The van der Waals surface area contributed by atoms with E-state index in [0.29, 0.717) is 12.2 Å². The van der Waals surface area contributed by atoms with E-state index in [0.717, 1.165) is 15.7 Å². The molecule has 2 aromatic carbocycles. The average Bonchev–Trinajstić information content (AvgIpc) is 3.17. The Morgan fingerprint density at radius 3 is 2.32 bits per heavy atom. The third-order valence-corrected chi connectivity index (χ3v) is 6.37. The van der Waals surface area contributed by atoms with Gasteiger partial charge in [0.1, 0.15) is 0 Å². The van der Waals surface area contributed by atoms with Gasteiger partial charge in [0, 0.05) is 10.0 Å². The van der Waals surface area contributed by atoms with Crippen LogP contribution in [-0.2, 0) is 19.9 Å². The highest BCUT2D eigenvalue weighted by molar-refractivity contribution is 9.10. The molecule has 1 atom stereocenters. The van der Waals surface area contributed by atoms with Gasteiger partial charge in [-0.3, -0.25) is 19.4 Å². The third kappa shape index (κ3) is 2.00. The predicted molar refractivity (Wildman–Crippen MR) is 107 cm³/mol. The Hall–Kier alpha value is -2.67. The van der Waals surface area contributed by atoms with Crippen LogP contribution in [0.5, 0.6) is 0 Å². The summed E-state index contributed by atoms with van der Waals surface area (Å²) in [5.74, 6) is -0.815. The monoisotopic (exact) mass is 439 g/mol. The minimum absolute atomic E-state index is 0.0583. The SMILES string of the molecule is CC1(C)CN2c3ccccc3C3(CC(=O)N(c4ccc(Br)cc4)C3=O)N2C1=O. The molecule has 1 unspecified atom stereocenters. The number of carbonyl (C=O) groups excluding carboxylic acids is 3. The molecule has 6 nitrogen and oxygen atoms in total. The van der Waals surface area contributed by atoms with E-state index in [1.165, 1.54) is 9.91 Å². The molecule has 0 N–H and O–H groups in total. The van der Waals surface area contributed by atoms with Crippen LogP contribution >= 0.6 is 15.9 Å². The van der Waals surface area contributed by atoms with Crippen molar-refractivity contribution >= 4 is 45.0 Å². The lowest BCUT2D eigenvalue weighted by Crippen LogP contribution is -2.54. The van der Waals surface area contributed by atoms with E-state index in [2.05, 4.69) is 15.9 Å². The van der Waals surface area contributed by atoms with Gasteiger partial charge >= 0.3 is 0 Å². The van der Waals surface area contributed by atoms with E-state index in [9.17, 15) is 14.4 Å². The Morgan fingerprint density at radius 2 is 1.61 bits per heavy atom. The highest BCUT2D eigenvalue weighted by Crippen LogP contribution is 2.55. The molecule has 0 bridgehead atoms. The number of halogens is 1. The number of anilines is 2. The minimum Gasteiger partial charge on any atom is -0.280 e. The van der Waals surface area contributed by atoms with Crippen molar-refractivity contribution in [3.63, 3.8) is 0 Å². The molecule has 28 heavy (non-hydrogen) atoms. The number of nitrogens with zero attached hydrogens (tertiary/aromatic N) is 3. The van der Waals surface area contributed by atoms with Crippen LogP contribution in [0.25, 0.3) is 0 Å². The molecule has 1 spiro atoms. The van der Waals surface area contributed by atoms with Gasteiger partial charge in [0.05, 0.1) is 29.8 Å². The zero-order chi connectivity index (χ0) is 19.8. The maximum Gasteiger partial charge on any atom is 0.267 e. The lowest BCUT2D eigenvalue weighted by molar-refractivity contribution is -0.146. The van der Waals surface area contributed by atoms with Gasteiger partial charge in [0.15, 0.2) is 5.54 Å². The molecule has 0 saturated carbocycles. The Balaban J connectivity index is 1.70. The van der Waals surface area contributed by atoms with Crippen molar-refractivity contribution in [3.8, 4) is 0 Å². The number of hydrogen-bond acceptors (Lipinski definition) is 4. The molecule has 2 aromatic rings. The van der Waals surface area contributed by atoms with E-state index in [-0.39, 0.29) is 24.1 Å². The molecule has 3 heterocycles. The first-order chi connectivity index (χ1) is 13.3. The number of hydrazine groups is 1. The predicted octanol–water partition coefficient (Wildman–Crippen LogP) is 3.21. The fourth-order valence-corrected chi connectivity index (χ4v) is 4.81. The fraction of sp³-hybridized carbons (Fsp3) is 0.286. The first kappa shape index (κ1) is 17.4. The van der Waals surface area contributed by atoms with Gasteiger partial charge in [-0.15, -0.1) is 0 Å². The molecule has 0 radical (unpaired) electrons. The van der Waals surface area contributed by atoms with E-state index < -0.39 is 11.0 Å². The third-order valence-electron chi connectivity index (χ3n) is 5.85. The van der Waals surface area contributed by atoms with Crippen molar-refractivity contribution in [2.45, 2.75) is 25.8 Å². The molecular formula is C21H18BrN3O3. The second-order valence-corrected chi connectivity index (χ2v) is 9.04. The van der Waals surface area contributed by atoms with Crippen molar-refractivity contribution in [1.29, 1.82) is 0 Å². The Labute approximate surface area is 170 Å². The number of amides is 3. The Kier molecular flexibility index (Phi) is 3.39. The van der Waals surface area contributed by atoms with Crippen molar-refractivity contribution in [1.82, 2.24) is 5.01 Å². The number of rotatable bonds is 1. The smallest absolute Gasteiger partial charge is 0.267 e. The lowest BCUT2D eigenvalue weighted by Gasteiger charge is -2.33. The second-order valence-electron chi connectivity index (χ2n) is 8.12. The fourth-order valence-electron chi connectivity index (χ4n) is 4.54. The molecular weight excluding hydrogens is 422 g/mol. The normalized spacial score (nSPS) is 25.1. The summed E-state index contributed by atoms with van der Waals surface area (Å²) in [6, 6.07) is 14.5. The average molecular weight is 440 g/mol. The Bertz CT molecular complexity index is 1050.